The van der Waals surface area contributed by atoms with Gasteiger partial charge in [-0.25, -0.2) is 8.78 Å². The Balaban J connectivity index is 2.54. The van der Waals surface area contributed by atoms with Gasteiger partial charge in [0.05, 0.1) is 11.4 Å². The third-order valence-electron chi connectivity index (χ3n) is 2.29. The van der Waals surface area contributed by atoms with Crippen molar-refractivity contribution in [2.75, 3.05) is 19.3 Å². The van der Waals surface area contributed by atoms with E-state index in [9.17, 15) is 18.7 Å². The second kappa shape index (κ2) is 6.34. The standard InChI is InChI=1S/C13H17F2NO2S/c1-13(2,18)8-16(3)12(17)7-19-11-5-4-9(14)6-10(11)15/h4-6,18H,7-8H2,1-3H3. The smallest absolute Gasteiger partial charge is 0.232 e. The molecule has 0 aliphatic rings. The number of nitrogens with zero attached hydrogens (tertiary/aromatic N) is 1. The van der Waals surface area contributed by atoms with Gasteiger partial charge in [0.2, 0.25) is 5.91 Å². The molecular weight excluding hydrogens is 272 g/mol. The van der Waals surface area contributed by atoms with Crippen molar-refractivity contribution in [2.45, 2.75) is 24.3 Å². The molecule has 19 heavy (non-hydrogen) atoms. The number of hydrogen-bond donors (Lipinski definition) is 1. The van der Waals surface area contributed by atoms with Crippen LogP contribution in [-0.4, -0.2) is 40.9 Å². The van der Waals surface area contributed by atoms with E-state index in [-0.39, 0.29) is 23.1 Å². The normalized spacial score (nSPS) is 11.5. The van der Waals surface area contributed by atoms with Gasteiger partial charge in [-0.05, 0) is 26.0 Å². The number of aliphatic hydroxyl groups is 1. The van der Waals surface area contributed by atoms with Gasteiger partial charge in [0.15, 0.2) is 0 Å². The van der Waals surface area contributed by atoms with Crippen molar-refractivity contribution in [3.05, 3.63) is 29.8 Å². The van der Waals surface area contributed by atoms with Crippen LogP contribution in [0.5, 0.6) is 0 Å². The molecule has 1 amide bonds. The molecule has 1 aromatic carbocycles. The van der Waals surface area contributed by atoms with Crippen LogP contribution >= 0.6 is 11.8 Å². The predicted molar refractivity (Wildman–Crippen MR) is 71.0 cm³/mol. The van der Waals surface area contributed by atoms with E-state index in [0.717, 1.165) is 23.9 Å². The first-order chi connectivity index (χ1) is 8.69. The zero-order valence-corrected chi connectivity index (χ0v) is 11.9. The fourth-order valence-corrected chi connectivity index (χ4v) is 2.37. The van der Waals surface area contributed by atoms with Crippen LogP contribution in [0.3, 0.4) is 0 Å². The molecule has 0 unspecified atom stereocenters. The van der Waals surface area contributed by atoms with Gasteiger partial charge in [-0.3, -0.25) is 4.79 Å². The molecular formula is C13H17F2NO2S. The molecule has 3 nitrogen and oxygen atoms in total. The van der Waals surface area contributed by atoms with E-state index in [2.05, 4.69) is 0 Å². The Morgan fingerprint density at radius 2 is 2.05 bits per heavy atom. The largest absolute Gasteiger partial charge is 0.389 e. The zero-order valence-electron chi connectivity index (χ0n) is 11.1. The van der Waals surface area contributed by atoms with Gasteiger partial charge in [0.1, 0.15) is 11.6 Å². The Hall–Kier alpha value is -1.14. The molecule has 0 fully saturated rings. The van der Waals surface area contributed by atoms with E-state index >= 15 is 0 Å². The number of carbonyl (C=O) groups is 1. The summed E-state index contributed by atoms with van der Waals surface area (Å²) in [5.41, 5.74) is -0.976. The molecule has 0 radical (unpaired) electrons. The number of amides is 1. The monoisotopic (exact) mass is 289 g/mol. The van der Waals surface area contributed by atoms with Crippen LogP contribution in [0.1, 0.15) is 13.8 Å². The Bertz CT molecular complexity index is 460. The molecule has 1 aromatic rings. The fraction of sp³-hybridized carbons (Fsp3) is 0.462. The topological polar surface area (TPSA) is 40.5 Å². The van der Waals surface area contributed by atoms with Crippen molar-refractivity contribution < 1.29 is 18.7 Å². The van der Waals surface area contributed by atoms with Crippen LogP contribution in [0.15, 0.2) is 23.1 Å². The summed E-state index contributed by atoms with van der Waals surface area (Å²) in [6.07, 6.45) is 0. The Labute approximate surface area is 115 Å². The van der Waals surface area contributed by atoms with Crippen molar-refractivity contribution in [3.8, 4) is 0 Å². The maximum absolute atomic E-state index is 13.3. The van der Waals surface area contributed by atoms with E-state index in [1.54, 1.807) is 20.9 Å². The molecule has 0 aliphatic carbocycles. The van der Waals surface area contributed by atoms with Crippen molar-refractivity contribution in [2.24, 2.45) is 0 Å². The summed E-state index contributed by atoms with van der Waals surface area (Å²) >= 11 is 1.00. The first-order valence-electron chi connectivity index (χ1n) is 5.73. The summed E-state index contributed by atoms with van der Waals surface area (Å²) in [6.45, 7) is 3.39. The van der Waals surface area contributed by atoms with E-state index < -0.39 is 17.2 Å². The molecule has 0 heterocycles. The lowest BCUT2D eigenvalue weighted by Crippen LogP contribution is -2.40. The molecule has 0 atom stereocenters. The van der Waals surface area contributed by atoms with E-state index in [1.165, 1.54) is 11.0 Å². The van der Waals surface area contributed by atoms with Gasteiger partial charge >= 0.3 is 0 Å². The molecule has 0 bridgehead atoms. The van der Waals surface area contributed by atoms with Crippen molar-refractivity contribution in [1.29, 1.82) is 0 Å². The molecule has 6 heteroatoms. The molecule has 0 saturated heterocycles. The first kappa shape index (κ1) is 15.9. The van der Waals surface area contributed by atoms with E-state index in [1.807, 2.05) is 0 Å². The Morgan fingerprint density at radius 1 is 1.42 bits per heavy atom. The molecule has 0 spiro atoms. The van der Waals surface area contributed by atoms with Gasteiger partial charge in [-0.1, -0.05) is 0 Å². The van der Waals surface area contributed by atoms with Crippen LogP contribution in [0.4, 0.5) is 8.78 Å². The third-order valence-corrected chi connectivity index (χ3v) is 3.33. The third kappa shape index (κ3) is 5.57. The van der Waals surface area contributed by atoms with Gasteiger partial charge in [-0.2, -0.15) is 0 Å². The average Bonchev–Trinajstić information content (AvgIpc) is 2.25. The molecule has 0 aliphatic heterocycles. The van der Waals surface area contributed by atoms with Crippen molar-refractivity contribution in [1.82, 2.24) is 4.90 Å². The minimum absolute atomic E-state index is 0.0368. The summed E-state index contributed by atoms with van der Waals surface area (Å²) in [4.78, 5) is 13.4. The second-order valence-corrected chi connectivity index (χ2v) is 5.94. The summed E-state index contributed by atoms with van der Waals surface area (Å²) in [5.74, 6) is -1.51. The van der Waals surface area contributed by atoms with Gasteiger partial charge < -0.3 is 10.0 Å². The lowest BCUT2D eigenvalue weighted by atomic mass is 10.1. The Morgan fingerprint density at radius 3 is 2.58 bits per heavy atom. The minimum Gasteiger partial charge on any atom is -0.389 e. The fourth-order valence-electron chi connectivity index (χ4n) is 1.51. The molecule has 1 N–H and O–H groups in total. The highest BCUT2D eigenvalue weighted by Gasteiger charge is 2.19. The number of hydrogen-bond acceptors (Lipinski definition) is 3. The van der Waals surface area contributed by atoms with Gasteiger partial charge in [-0.15, -0.1) is 11.8 Å². The zero-order chi connectivity index (χ0) is 14.6. The first-order valence-corrected chi connectivity index (χ1v) is 6.72. The van der Waals surface area contributed by atoms with Crippen molar-refractivity contribution in [3.63, 3.8) is 0 Å². The van der Waals surface area contributed by atoms with Gasteiger partial charge in [0.25, 0.3) is 0 Å². The van der Waals surface area contributed by atoms with Crippen LogP contribution < -0.4 is 0 Å². The summed E-state index contributed by atoms with van der Waals surface area (Å²) < 4.78 is 26.1. The molecule has 0 aromatic heterocycles. The highest BCUT2D eigenvalue weighted by Crippen LogP contribution is 2.22. The highest BCUT2D eigenvalue weighted by molar-refractivity contribution is 8.00. The number of likely N-dealkylation sites (N-methyl/N-ethyl adjacent to an activating group) is 1. The summed E-state index contributed by atoms with van der Waals surface area (Å²) in [5, 5.41) is 9.59. The van der Waals surface area contributed by atoms with Crippen LogP contribution in [0.2, 0.25) is 0 Å². The summed E-state index contributed by atoms with van der Waals surface area (Å²) in [7, 11) is 1.57. The predicted octanol–water partition coefficient (Wildman–Crippen LogP) is 2.29. The maximum atomic E-state index is 13.3. The minimum atomic E-state index is -0.976. The van der Waals surface area contributed by atoms with Crippen LogP contribution in [0.25, 0.3) is 0 Å². The lowest BCUT2D eigenvalue weighted by Gasteiger charge is -2.25. The lowest BCUT2D eigenvalue weighted by molar-refractivity contribution is -0.129. The SMILES string of the molecule is CN(CC(C)(C)O)C(=O)CSc1ccc(F)cc1F. The number of thioether (sulfide) groups is 1. The maximum Gasteiger partial charge on any atom is 0.232 e. The van der Waals surface area contributed by atoms with Gasteiger partial charge in [0, 0.05) is 24.6 Å². The van der Waals surface area contributed by atoms with Crippen LogP contribution in [0, 0.1) is 11.6 Å². The van der Waals surface area contributed by atoms with E-state index in [0.29, 0.717) is 0 Å². The molecule has 1 rings (SSSR count). The van der Waals surface area contributed by atoms with Crippen LogP contribution in [-0.2, 0) is 4.79 Å². The highest BCUT2D eigenvalue weighted by atomic mass is 32.2. The molecule has 106 valence electrons. The summed E-state index contributed by atoms with van der Waals surface area (Å²) in [6, 6.07) is 3.24. The second-order valence-electron chi connectivity index (χ2n) is 4.93. The van der Waals surface area contributed by atoms with Crippen molar-refractivity contribution >= 4 is 17.7 Å². The molecule has 0 saturated carbocycles. The number of carbonyl (C=O) groups excluding carboxylic acids is 1. The number of rotatable bonds is 5. The number of benzene rings is 1. The van der Waals surface area contributed by atoms with E-state index in [4.69, 9.17) is 0 Å². The number of halogens is 2. The Kier molecular flexibility index (Phi) is 5.31. The quantitative estimate of drug-likeness (QED) is 0.846. The average molecular weight is 289 g/mol.